The van der Waals surface area contributed by atoms with Crippen molar-refractivity contribution in [2.45, 2.75) is 37.8 Å². The molecule has 2 heterocycles. The van der Waals surface area contributed by atoms with E-state index in [1.807, 2.05) is 24.3 Å². The molecule has 1 aromatic carbocycles. The topological polar surface area (TPSA) is 72.5 Å². The van der Waals surface area contributed by atoms with Gasteiger partial charge in [-0.15, -0.1) is 11.3 Å². The molecule has 0 bridgehead atoms. The number of ether oxygens (including phenoxy) is 2. The van der Waals surface area contributed by atoms with Gasteiger partial charge in [-0.25, -0.2) is 4.98 Å². The Morgan fingerprint density at radius 3 is 3.00 bits per heavy atom. The molecule has 2 aliphatic rings. The summed E-state index contributed by atoms with van der Waals surface area (Å²) >= 11 is 1.69. The van der Waals surface area contributed by atoms with E-state index in [0.29, 0.717) is 13.0 Å². The van der Waals surface area contributed by atoms with Crippen LogP contribution in [-0.4, -0.2) is 43.8 Å². The van der Waals surface area contributed by atoms with Crippen molar-refractivity contribution in [1.29, 1.82) is 0 Å². The molecule has 1 fully saturated rings. The third kappa shape index (κ3) is 4.31. The standard InChI is InChI=1S/C20H25N3O3S/c1-25-15-7-5-13(6-8-15)20-23-17-4-2-3-16(19(17)27-20)22-18(24)11-14-12-26-10-9-21-14/h5-8,14,16,21H,2-4,9-12H2,1H3,(H,22,24). The second kappa shape index (κ2) is 8.37. The van der Waals surface area contributed by atoms with Crippen molar-refractivity contribution in [1.82, 2.24) is 15.6 Å². The van der Waals surface area contributed by atoms with Gasteiger partial charge in [0.25, 0.3) is 0 Å². The molecule has 0 spiro atoms. The minimum atomic E-state index is 0.0651. The van der Waals surface area contributed by atoms with Crippen LogP contribution in [0.4, 0.5) is 0 Å². The second-order valence-electron chi connectivity index (χ2n) is 7.00. The molecule has 6 nitrogen and oxygen atoms in total. The van der Waals surface area contributed by atoms with Crippen LogP contribution >= 0.6 is 11.3 Å². The first kappa shape index (κ1) is 18.4. The van der Waals surface area contributed by atoms with Gasteiger partial charge in [-0.1, -0.05) is 0 Å². The van der Waals surface area contributed by atoms with E-state index in [-0.39, 0.29) is 18.0 Å². The quantitative estimate of drug-likeness (QED) is 0.825. The van der Waals surface area contributed by atoms with Crippen LogP contribution < -0.4 is 15.4 Å². The van der Waals surface area contributed by atoms with Gasteiger partial charge in [-0.2, -0.15) is 0 Å². The van der Waals surface area contributed by atoms with Crippen molar-refractivity contribution in [3.05, 3.63) is 34.8 Å². The number of nitrogens with zero attached hydrogens (tertiary/aromatic N) is 1. The number of fused-ring (bicyclic) bond motifs is 1. The smallest absolute Gasteiger partial charge is 0.222 e. The lowest BCUT2D eigenvalue weighted by Crippen LogP contribution is -2.44. The van der Waals surface area contributed by atoms with Crippen molar-refractivity contribution < 1.29 is 14.3 Å². The van der Waals surface area contributed by atoms with E-state index >= 15 is 0 Å². The number of hydrogen-bond donors (Lipinski definition) is 2. The molecule has 2 aromatic rings. The van der Waals surface area contributed by atoms with Crippen LogP contribution in [0, 0.1) is 0 Å². The van der Waals surface area contributed by atoms with Crippen LogP contribution in [0.3, 0.4) is 0 Å². The summed E-state index contributed by atoms with van der Waals surface area (Å²) in [7, 11) is 1.67. The third-order valence-electron chi connectivity index (χ3n) is 5.05. The lowest BCUT2D eigenvalue weighted by Gasteiger charge is -2.26. The van der Waals surface area contributed by atoms with Gasteiger partial charge in [0.2, 0.25) is 5.91 Å². The number of amides is 1. The van der Waals surface area contributed by atoms with Gasteiger partial charge in [-0.3, -0.25) is 4.79 Å². The molecule has 4 rings (SSSR count). The zero-order valence-corrected chi connectivity index (χ0v) is 16.3. The van der Waals surface area contributed by atoms with Crippen molar-refractivity contribution in [2.24, 2.45) is 0 Å². The number of thiazole rings is 1. The van der Waals surface area contributed by atoms with Gasteiger partial charge in [0.15, 0.2) is 0 Å². The van der Waals surface area contributed by atoms with E-state index in [0.717, 1.165) is 54.4 Å². The zero-order valence-electron chi connectivity index (χ0n) is 15.5. The summed E-state index contributed by atoms with van der Waals surface area (Å²) in [5, 5.41) is 7.56. The molecule has 0 saturated carbocycles. The fourth-order valence-corrected chi connectivity index (χ4v) is 4.84. The Hall–Kier alpha value is -1.96. The first-order valence-electron chi connectivity index (χ1n) is 9.47. The number of carbonyl (C=O) groups excluding carboxylic acids is 1. The maximum atomic E-state index is 12.5. The number of aromatic nitrogens is 1. The molecule has 27 heavy (non-hydrogen) atoms. The molecular formula is C20H25N3O3S. The maximum Gasteiger partial charge on any atom is 0.222 e. The number of morpholine rings is 1. The fourth-order valence-electron chi connectivity index (χ4n) is 3.64. The summed E-state index contributed by atoms with van der Waals surface area (Å²) in [5.41, 5.74) is 2.21. The van der Waals surface area contributed by atoms with Crippen LogP contribution in [0.2, 0.25) is 0 Å². The minimum Gasteiger partial charge on any atom is -0.497 e. The fraction of sp³-hybridized carbons (Fsp3) is 0.500. The zero-order chi connectivity index (χ0) is 18.6. The van der Waals surface area contributed by atoms with E-state index in [1.165, 1.54) is 4.88 Å². The van der Waals surface area contributed by atoms with E-state index in [9.17, 15) is 4.79 Å². The van der Waals surface area contributed by atoms with E-state index in [1.54, 1.807) is 18.4 Å². The first-order valence-corrected chi connectivity index (χ1v) is 10.3. The van der Waals surface area contributed by atoms with Gasteiger partial charge in [0.1, 0.15) is 10.8 Å². The molecule has 144 valence electrons. The maximum absolute atomic E-state index is 12.5. The van der Waals surface area contributed by atoms with Crippen molar-refractivity contribution in [3.63, 3.8) is 0 Å². The second-order valence-corrected chi connectivity index (χ2v) is 8.03. The SMILES string of the molecule is COc1ccc(-c2nc3c(s2)C(NC(=O)CC2COCCN2)CCC3)cc1. The summed E-state index contributed by atoms with van der Waals surface area (Å²) in [4.78, 5) is 18.5. The molecule has 0 radical (unpaired) electrons. The van der Waals surface area contributed by atoms with Crippen LogP contribution in [0.5, 0.6) is 5.75 Å². The van der Waals surface area contributed by atoms with Gasteiger partial charge < -0.3 is 20.1 Å². The number of aryl methyl sites for hydroxylation is 1. The summed E-state index contributed by atoms with van der Waals surface area (Å²) in [6.45, 7) is 2.14. The number of benzene rings is 1. The van der Waals surface area contributed by atoms with Crippen molar-refractivity contribution in [2.75, 3.05) is 26.9 Å². The molecular weight excluding hydrogens is 362 g/mol. The van der Waals surface area contributed by atoms with Crippen molar-refractivity contribution >= 4 is 17.2 Å². The van der Waals surface area contributed by atoms with Gasteiger partial charge >= 0.3 is 0 Å². The largest absolute Gasteiger partial charge is 0.497 e. The highest BCUT2D eigenvalue weighted by Gasteiger charge is 2.27. The summed E-state index contributed by atoms with van der Waals surface area (Å²) < 4.78 is 10.7. The Bertz CT molecular complexity index is 784. The number of methoxy groups -OCH3 is 1. The normalized spacial score (nSPS) is 22.1. The number of rotatable bonds is 5. The molecule has 7 heteroatoms. The van der Waals surface area contributed by atoms with Crippen LogP contribution in [0.25, 0.3) is 10.6 Å². The van der Waals surface area contributed by atoms with Crippen LogP contribution in [0.1, 0.15) is 35.9 Å². The van der Waals surface area contributed by atoms with E-state index < -0.39 is 0 Å². The average Bonchev–Trinajstić information content (AvgIpc) is 3.14. The number of nitrogens with one attached hydrogen (secondary N) is 2. The first-order chi connectivity index (χ1) is 13.2. The van der Waals surface area contributed by atoms with Crippen LogP contribution in [0.15, 0.2) is 24.3 Å². The highest BCUT2D eigenvalue weighted by atomic mass is 32.1. The molecule has 1 amide bonds. The van der Waals surface area contributed by atoms with Gasteiger partial charge in [0, 0.05) is 24.6 Å². The molecule has 2 unspecified atom stereocenters. The van der Waals surface area contributed by atoms with Gasteiger partial charge in [-0.05, 0) is 43.5 Å². The van der Waals surface area contributed by atoms with E-state index in [4.69, 9.17) is 14.5 Å². The third-order valence-corrected chi connectivity index (χ3v) is 6.31. The van der Waals surface area contributed by atoms with E-state index in [2.05, 4.69) is 10.6 Å². The Labute approximate surface area is 163 Å². The lowest BCUT2D eigenvalue weighted by molar-refractivity contribution is -0.123. The van der Waals surface area contributed by atoms with Crippen LogP contribution in [-0.2, 0) is 16.0 Å². The van der Waals surface area contributed by atoms with Gasteiger partial charge in [0.05, 0.1) is 36.9 Å². The Balaban J connectivity index is 1.45. The highest BCUT2D eigenvalue weighted by molar-refractivity contribution is 7.15. The molecule has 1 aliphatic carbocycles. The average molecular weight is 388 g/mol. The lowest BCUT2D eigenvalue weighted by atomic mass is 9.97. The molecule has 1 aliphatic heterocycles. The number of hydrogen-bond acceptors (Lipinski definition) is 6. The van der Waals surface area contributed by atoms with Crippen molar-refractivity contribution in [3.8, 4) is 16.3 Å². The minimum absolute atomic E-state index is 0.0651. The summed E-state index contributed by atoms with van der Waals surface area (Å²) in [5.74, 6) is 0.917. The molecule has 1 saturated heterocycles. The Kier molecular flexibility index (Phi) is 5.71. The highest BCUT2D eigenvalue weighted by Crippen LogP contribution is 2.38. The monoisotopic (exact) mass is 387 g/mol. The predicted octanol–water partition coefficient (Wildman–Crippen LogP) is 2.69. The Morgan fingerprint density at radius 1 is 1.41 bits per heavy atom. The molecule has 1 aromatic heterocycles. The summed E-state index contributed by atoms with van der Waals surface area (Å²) in [6, 6.07) is 8.15. The predicted molar refractivity (Wildman–Crippen MR) is 105 cm³/mol. The summed E-state index contributed by atoms with van der Waals surface area (Å²) in [6.07, 6.45) is 3.45. The Morgan fingerprint density at radius 2 is 2.26 bits per heavy atom. The molecule has 2 N–H and O–H groups in total. The number of carbonyl (C=O) groups is 1. The molecule has 2 atom stereocenters.